The van der Waals surface area contributed by atoms with Gasteiger partial charge in [0.1, 0.15) is 16.8 Å². The van der Waals surface area contributed by atoms with Gasteiger partial charge in [-0.1, -0.05) is 53.5 Å². The molecule has 10 heteroatoms. The number of hydrogen-bond donors (Lipinski definition) is 1. The predicted molar refractivity (Wildman–Crippen MR) is 136 cm³/mol. The van der Waals surface area contributed by atoms with Crippen molar-refractivity contribution in [1.82, 2.24) is 9.62 Å². The molecule has 1 saturated heterocycles. The SMILES string of the molecule is O=C([C@@H](Cc1ccccc1)NS(=O)(=O)c1cc(Cl)ccc1Cl)N1CCN(c2ccc(F)cc2)CC1. The largest absolute Gasteiger partial charge is 0.368 e. The normalized spacial score (nSPS) is 15.2. The summed E-state index contributed by atoms with van der Waals surface area (Å²) >= 11 is 12.1. The summed E-state index contributed by atoms with van der Waals surface area (Å²) in [7, 11) is -4.13. The van der Waals surface area contributed by atoms with Crippen molar-refractivity contribution in [3.05, 3.63) is 94.2 Å². The minimum atomic E-state index is -4.13. The first-order valence-corrected chi connectivity index (χ1v) is 13.3. The van der Waals surface area contributed by atoms with Crippen molar-refractivity contribution in [2.45, 2.75) is 17.4 Å². The summed E-state index contributed by atoms with van der Waals surface area (Å²) in [6.45, 7) is 1.90. The molecule has 35 heavy (non-hydrogen) atoms. The van der Waals surface area contributed by atoms with E-state index in [1.807, 2.05) is 30.3 Å². The number of nitrogens with zero attached hydrogens (tertiary/aromatic N) is 2. The summed E-state index contributed by atoms with van der Waals surface area (Å²) in [5.74, 6) is -0.632. The van der Waals surface area contributed by atoms with E-state index in [0.29, 0.717) is 26.2 Å². The van der Waals surface area contributed by atoms with Gasteiger partial charge in [-0.25, -0.2) is 12.8 Å². The van der Waals surface area contributed by atoms with Crippen LogP contribution in [0.3, 0.4) is 0 Å². The van der Waals surface area contributed by atoms with Crippen LogP contribution in [-0.2, 0) is 21.2 Å². The molecule has 0 radical (unpaired) electrons. The molecular weight excluding hydrogens is 512 g/mol. The number of sulfonamides is 1. The van der Waals surface area contributed by atoms with Crippen molar-refractivity contribution in [1.29, 1.82) is 0 Å². The molecule has 184 valence electrons. The molecule has 1 atom stereocenters. The maximum Gasteiger partial charge on any atom is 0.242 e. The highest BCUT2D eigenvalue weighted by Crippen LogP contribution is 2.26. The Morgan fingerprint density at radius 3 is 2.26 bits per heavy atom. The lowest BCUT2D eigenvalue weighted by Gasteiger charge is -2.37. The third kappa shape index (κ3) is 6.32. The van der Waals surface area contributed by atoms with Crippen LogP contribution < -0.4 is 9.62 Å². The van der Waals surface area contributed by atoms with Crippen molar-refractivity contribution in [3.63, 3.8) is 0 Å². The minimum Gasteiger partial charge on any atom is -0.368 e. The molecule has 0 bridgehead atoms. The van der Waals surface area contributed by atoms with Crippen LogP contribution in [-0.4, -0.2) is 51.4 Å². The zero-order valence-corrected chi connectivity index (χ0v) is 21.0. The molecule has 1 fully saturated rings. The first-order chi connectivity index (χ1) is 16.7. The number of carbonyl (C=O) groups is 1. The standard InChI is InChI=1S/C25H24Cl2FN3O3S/c26-19-6-11-22(27)24(17-19)35(33,34)29-23(16-18-4-2-1-3-5-18)25(32)31-14-12-30(13-15-31)21-9-7-20(28)8-10-21/h1-11,17,23,29H,12-16H2/t23-/m1/s1. The van der Waals surface area contributed by atoms with Crippen molar-refractivity contribution < 1.29 is 17.6 Å². The average molecular weight is 536 g/mol. The van der Waals surface area contributed by atoms with Crippen molar-refractivity contribution in [2.24, 2.45) is 0 Å². The molecule has 3 aromatic rings. The van der Waals surface area contributed by atoms with Crippen LogP contribution in [0, 0.1) is 5.82 Å². The number of piperazine rings is 1. The Balaban J connectivity index is 1.53. The second-order valence-corrected chi connectivity index (χ2v) is 10.8. The molecule has 1 N–H and O–H groups in total. The lowest BCUT2D eigenvalue weighted by molar-refractivity contribution is -0.133. The summed E-state index contributed by atoms with van der Waals surface area (Å²) in [6.07, 6.45) is 0.176. The minimum absolute atomic E-state index is 0.0146. The van der Waals surface area contributed by atoms with E-state index >= 15 is 0 Å². The second kappa shape index (κ2) is 11.0. The summed E-state index contributed by atoms with van der Waals surface area (Å²) in [5, 5.41) is 0.235. The Labute approximate surface area is 214 Å². The van der Waals surface area contributed by atoms with E-state index in [2.05, 4.69) is 9.62 Å². The number of carbonyl (C=O) groups excluding carboxylic acids is 1. The Hall–Kier alpha value is -2.65. The van der Waals surface area contributed by atoms with E-state index in [1.165, 1.54) is 30.3 Å². The van der Waals surface area contributed by atoms with E-state index in [1.54, 1.807) is 17.0 Å². The van der Waals surface area contributed by atoms with Gasteiger partial charge < -0.3 is 9.80 Å². The number of benzene rings is 3. The number of anilines is 1. The van der Waals surface area contributed by atoms with Crippen LogP contribution >= 0.6 is 23.2 Å². The monoisotopic (exact) mass is 535 g/mol. The summed E-state index contributed by atoms with van der Waals surface area (Å²) in [6, 6.07) is 18.5. The van der Waals surface area contributed by atoms with E-state index in [9.17, 15) is 17.6 Å². The molecule has 1 aliphatic heterocycles. The van der Waals surface area contributed by atoms with Gasteiger partial charge in [0.05, 0.1) is 5.02 Å². The maximum absolute atomic E-state index is 13.5. The van der Waals surface area contributed by atoms with Gasteiger partial charge in [-0.05, 0) is 54.4 Å². The third-order valence-corrected chi connectivity index (χ3v) is 8.03. The summed E-state index contributed by atoms with van der Waals surface area (Å²) < 4.78 is 42.2. The van der Waals surface area contributed by atoms with Gasteiger partial charge in [-0.2, -0.15) is 4.72 Å². The first-order valence-electron chi connectivity index (χ1n) is 11.0. The fraction of sp³-hybridized carbons (Fsp3) is 0.240. The molecule has 1 amide bonds. The number of hydrogen-bond acceptors (Lipinski definition) is 4. The highest BCUT2D eigenvalue weighted by Gasteiger charge is 2.32. The van der Waals surface area contributed by atoms with Gasteiger partial charge in [-0.3, -0.25) is 4.79 Å². The molecule has 1 heterocycles. The quantitative estimate of drug-likeness (QED) is 0.487. The van der Waals surface area contributed by atoms with Crippen LogP contribution in [0.4, 0.5) is 10.1 Å². The number of amides is 1. The highest BCUT2D eigenvalue weighted by molar-refractivity contribution is 7.89. The number of nitrogens with one attached hydrogen (secondary N) is 1. The lowest BCUT2D eigenvalue weighted by atomic mass is 10.1. The first kappa shape index (κ1) is 25.4. The molecule has 3 aromatic carbocycles. The fourth-order valence-electron chi connectivity index (χ4n) is 4.02. The molecule has 4 rings (SSSR count). The third-order valence-electron chi connectivity index (χ3n) is 5.84. The van der Waals surface area contributed by atoms with Crippen molar-refractivity contribution in [2.75, 3.05) is 31.1 Å². The van der Waals surface area contributed by atoms with Gasteiger partial charge >= 0.3 is 0 Å². The van der Waals surface area contributed by atoms with E-state index in [4.69, 9.17) is 23.2 Å². The molecule has 0 aromatic heterocycles. The second-order valence-electron chi connectivity index (χ2n) is 8.23. The van der Waals surface area contributed by atoms with Crippen LogP contribution in [0.1, 0.15) is 5.56 Å². The maximum atomic E-state index is 13.5. The molecule has 0 aliphatic carbocycles. The Morgan fingerprint density at radius 1 is 0.943 bits per heavy atom. The van der Waals surface area contributed by atoms with E-state index in [0.717, 1.165) is 11.3 Å². The molecule has 6 nitrogen and oxygen atoms in total. The van der Waals surface area contributed by atoms with E-state index in [-0.39, 0.29) is 33.1 Å². The van der Waals surface area contributed by atoms with Gasteiger partial charge in [0, 0.05) is 36.9 Å². The van der Waals surface area contributed by atoms with Gasteiger partial charge in [0.2, 0.25) is 15.9 Å². The smallest absolute Gasteiger partial charge is 0.242 e. The predicted octanol–water partition coefficient (Wildman–Crippen LogP) is 4.37. The Kier molecular flexibility index (Phi) is 7.96. The van der Waals surface area contributed by atoms with E-state index < -0.39 is 16.1 Å². The zero-order chi connectivity index (χ0) is 25.0. The lowest BCUT2D eigenvalue weighted by Crippen LogP contribution is -2.55. The Bertz CT molecular complexity index is 1280. The van der Waals surface area contributed by atoms with Crippen LogP contribution in [0.15, 0.2) is 77.7 Å². The van der Waals surface area contributed by atoms with Crippen LogP contribution in [0.2, 0.25) is 10.0 Å². The fourth-order valence-corrected chi connectivity index (χ4v) is 5.97. The zero-order valence-electron chi connectivity index (χ0n) is 18.7. The Morgan fingerprint density at radius 2 is 1.60 bits per heavy atom. The van der Waals surface area contributed by atoms with Gasteiger partial charge in [0.25, 0.3) is 0 Å². The van der Waals surface area contributed by atoms with Crippen LogP contribution in [0.5, 0.6) is 0 Å². The molecule has 0 unspecified atom stereocenters. The number of halogens is 3. The van der Waals surface area contributed by atoms with Crippen molar-refractivity contribution in [3.8, 4) is 0 Å². The van der Waals surface area contributed by atoms with Crippen LogP contribution in [0.25, 0.3) is 0 Å². The molecule has 0 spiro atoms. The average Bonchev–Trinajstić information content (AvgIpc) is 2.86. The molecule has 1 aliphatic rings. The van der Waals surface area contributed by atoms with Crippen molar-refractivity contribution >= 4 is 44.8 Å². The summed E-state index contributed by atoms with van der Waals surface area (Å²) in [5.41, 5.74) is 1.69. The van der Waals surface area contributed by atoms with Gasteiger partial charge in [-0.15, -0.1) is 0 Å². The van der Waals surface area contributed by atoms with Gasteiger partial charge in [0.15, 0.2) is 0 Å². The topological polar surface area (TPSA) is 69.7 Å². The summed E-state index contributed by atoms with van der Waals surface area (Å²) in [4.78, 5) is 17.1. The highest BCUT2D eigenvalue weighted by atomic mass is 35.5. The number of rotatable bonds is 7. The molecular formula is C25H24Cl2FN3O3S. The molecule has 0 saturated carbocycles.